The lowest BCUT2D eigenvalue weighted by Crippen LogP contribution is -2.04. The van der Waals surface area contributed by atoms with E-state index in [1.807, 2.05) is 36.4 Å². The Kier molecular flexibility index (Phi) is 3.26. The third-order valence-corrected chi connectivity index (χ3v) is 3.77. The molecule has 0 fully saturated rings. The van der Waals surface area contributed by atoms with Crippen molar-refractivity contribution < 1.29 is 9.84 Å². The summed E-state index contributed by atoms with van der Waals surface area (Å²) in [5.74, 6) is 0.908. The van der Waals surface area contributed by atoms with Crippen molar-refractivity contribution >= 4 is 0 Å². The van der Waals surface area contributed by atoms with E-state index in [1.165, 1.54) is 5.56 Å². The normalized spacial score (nSPS) is 18.9. The zero-order chi connectivity index (χ0) is 13.2. The second-order valence-corrected chi connectivity index (χ2v) is 5.05. The molecule has 2 unspecified atom stereocenters. The van der Waals surface area contributed by atoms with Gasteiger partial charge in [-0.2, -0.15) is 0 Å². The first kappa shape index (κ1) is 12.2. The molecule has 2 aromatic carbocycles. The van der Waals surface area contributed by atoms with Crippen LogP contribution in [0, 0.1) is 0 Å². The number of aliphatic hydroxyl groups excluding tert-OH is 1. The fourth-order valence-corrected chi connectivity index (χ4v) is 2.69. The van der Waals surface area contributed by atoms with Crippen LogP contribution in [-0.4, -0.2) is 5.11 Å². The molecule has 1 N–H and O–H groups in total. The quantitative estimate of drug-likeness (QED) is 0.902. The molecular formula is C17H18O2. The monoisotopic (exact) mass is 254 g/mol. The summed E-state index contributed by atoms with van der Waals surface area (Å²) in [5.41, 5.74) is 3.36. The Labute approximate surface area is 113 Å². The number of fused-ring (bicyclic) bond motifs is 1. The summed E-state index contributed by atoms with van der Waals surface area (Å²) in [4.78, 5) is 0. The predicted molar refractivity (Wildman–Crippen MR) is 75.2 cm³/mol. The number of rotatable bonds is 3. The van der Waals surface area contributed by atoms with Crippen LogP contribution in [0.3, 0.4) is 0 Å². The Morgan fingerprint density at radius 3 is 2.68 bits per heavy atom. The van der Waals surface area contributed by atoms with Crippen LogP contribution >= 0.6 is 0 Å². The second-order valence-electron chi connectivity index (χ2n) is 5.05. The van der Waals surface area contributed by atoms with E-state index >= 15 is 0 Å². The summed E-state index contributed by atoms with van der Waals surface area (Å²) >= 11 is 0. The molecule has 0 saturated heterocycles. The Balaban J connectivity index is 1.85. The average molecular weight is 254 g/mol. The van der Waals surface area contributed by atoms with E-state index in [0.29, 0.717) is 0 Å². The van der Waals surface area contributed by atoms with Crippen molar-refractivity contribution in [3.63, 3.8) is 0 Å². The van der Waals surface area contributed by atoms with Crippen LogP contribution in [0.5, 0.6) is 5.75 Å². The Bertz CT molecular complexity index is 563. The van der Waals surface area contributed by atoms with Crippen LogP contribution in [0.15, 0.2) is 48.5 Å². The maximum Gasteiger partial charge on any atom is 0.123 e. The number of hydrogen-bond acceptors (Lipinski definition) is 2. The highest BCUT2D eigenvalue weighted by Gasteiger charge is 2.23. The topological polar surface area (TPSA) is 29.5 Å². The maximum atomic E-state index is 9.90. The van der Waals surface area contributed by atoms with Gasteiger partial charge in [0.1, 0.15) is 11.9 Å². The molecule has 1 aliphatic carbocycles. The van der Waals surface area contributed by atoms with E-state index in [4.69, 9.17) is 4.74 Å². The van der Waals surface area contributed by atoms with Gasteiger partial charge in [-0.15, -0.1) is 0 Å². The van der Waals surface area contributed by atoms with Crippen molar-refractivity contribution in [2.24, 2.45) is 0 Å². The van der Waals surface area contributed by atoms with Crippen LogP contribution in [-0.2, 0) is 6.42 Å². The minimum atomic E-state index is -0.328. The molecule has 0 saturated carbocycles. The van der Waals surface area contributed by atoms with Gasteiger partial charge in [0.2, 0.25) is 0 Å². The summed E-state index contributed by atoms with van der Waals surface area (Å²) in [5, 5.41) is 9.90. The Hall–Kier alpha value is -1.80. The molecule has 19 heavy (non-hydrogen) atoms. The standard InChI is InChI=1S/C17H18O2/c1-12(13-6-3-2-4-7-13)19-17-9-5-8-14-15(17)10-11-16(14)18/h2-9,12,16,18H,10-11H2,1H3. The van der Waals surface area contributed by atoms with Crippen molar-refractivity contribution in [1.29, 1.82) is 0 Å². The highest BCUT2D eigenvalue weighted by atomic mass is 16.5. The second kappa shape index (κ2) is 5.06. The lowest BCUT2D eigenvalue weighted by Gasteiger charge is -2.17. The van der Waals surface area contributed by atoms with E-state index in [9.17, 15) is 5.11 Å². The Morgan fingerprint density at radius 1 is 1.11 bits per heavy atom. The van der Waals surface area contributed by atoms with Gasteiger partial charge in [-0.3, -0.25) is 0 Å². The summed E-state index contributed by atoms with van der Waals surface area (Å²) in [6.07, 6.45) is 1.39. The number of hydrogen-bond donors (Lipinski definition) is 1. The van der Waals surface area contributed by atoms with E-state index in [2.05, 4.69) is 19.1 Å². The van der Waals surface area contributed by atoms with Crippen LogP contribution in [0.4, 0.5) is 0 Å². The molecule has 0 amide bonds. The van der Waals surface area contributed by atoms with Gasteiger partial charge in [-0.1, -0.05) is 42.5 Å². The highest BCUT2D eigenvalue weighted by molar-refractivity contribution is 5.44. The lowest BCUT2D eigenvalue weighted by atomic mass is 10.1. The van der Waals surface area contributed by atoms with Crippen LogP contribution < -0.4 is 4.74 Å². The van der Waals surface area contributed by atoms with E-state index in [1.54, 1.807) is 0 Å². The van der Waals surface area contributed by atoms with Crippen molar-refractivity contribution in [2.75, 3.05) is 0 Å². The average Bonchev–Trinajstić information content (AvgIpc) is 2.83. The zero-order valence-electron chi connectivity index (χ0n) is 11.0. The van der Waals surface area contributed by atoms with Gasteiger partial charge in [-0.05, 0) is 37.0 Å². The van der Waals surface area contributed by atoms with Crippen LogP contribution in [0.25, 0.3) is 0 Å². The highest BCUT2D eigenvalue weighted by Crippen LogP contribution is 2.38. The molecule has 98 valence electrons. The first-order valence-corrected chi connectivity index (χ1v) is 6.77. The fraction of sp³-hybridized carbons (Fsp3) is 0.294. The lowest BCUT2D eigenvalue weighted by molar-refractivity contribution is 0.180. The maximum absolute atomic E-state index is 9.90. The van der Waals surface area contributed by atoms with Crippen molar-refractivity contribution in [3.8, 4) is 5.75 Å². The summed E-state index contributed by atoms with van der Waals surface area (Å²) in [6, 6.07) is 16.1. The molecule has 0 aliphatic heterocycles. The third-order valence-electron chi connectivity index (χ3n) is 3.77. The zero-order valence-corrected chi connectivity index (χ0v) is 11.0. The van der Waals surface area contributed by atoms with Gasteiger partial charge in [0, 0.05) is 5.56 Å². The third kappa shape index (κ3) is 2.36. The first-order valence-electron chi connectivity index (χ1n) is 6.77. The van der Waals surface area contributed by atoms with Gasteiger partial charge in [-0.25, -0.2) is 0 Å². The van der Waals surface area contributed by atoms with Gasteiger partial charge >= 0.3 is 0 Å². The minimum absolute atomic E-state index is 0.0189. The molecule has 1 aliphatic rings. The SMILES string of the molecule is CC(Oc1cccc2c1CCC2O)c1ccccc1. The number of aliphatic hydroxyl groups is 1. The van der Waals surface area contributed by atoms with Crippen LogP contribution in [0.1, 0.15) is 42.2 Å². The largest absolute Gasteiger partial charge is 0.486 e. The van der Waals surface area contributed by atoms with Crippen molar-refractivity contribution in [1.82, 2.24) is 0 Å². The molecule has 2 aromatic rings. The molecule has 0 aromatic heterocycles. The van der Waals surface area contributed by atoms with E-state index in [0.717, 1.165) is 29.7 Å². The molecule has 2 nitrogen and oxygen atoms in total. The molecule has 0 spiro atoms. The molecule has 0 heterocycles. The summed E-state index contributed by atoms with van der Waals surface area (Å²) in [6.45, 7) is 2.06. The van der Waals surface area contributed by atoms with E-state index < -0.39 is 0 Å². The smallest absolute Gasteiger partial charge is 0.123 e. The molecule has 2 atom stereocenters. The molecule has 0 radical (unpaired) electrons. The van der Waals surface area contributed by atoms with Gasteiger partial charge in [0.25, 0.3) is 0 Å². The van der Waals surface area contributed by atoms with Crippen LogP contribution in [0.2, 0.25) is 0 Å². The molecular weight excluding hydrogens is 236 g/mol. The number of ether oxygens (including phenoxy) is 1. The molecule has 3 rings (SSSR count). The number of benzene rings is 2. The van der Waals surface area contributed by atoms with E-state index in [-0.39, 0.29) is 12.2 Å². The van der Waals surface area contributed by atoms with Crippen molar-refractivity contribution in [2.45, 2.75) is 32.0 Å². The van der Waals surface area contributed by atoms with Gasteiger partial charge in [0.15, 0.2) is 0 Å². The molecule has 2 heteroatoms. The molecule has 0 bridgehead atoms. The Morgan fingerprint density at radius 2 is 1.89 bits per heavy atom. The van der Waals surface area contributed by atoms with Crippen molar-refractivity contribution in [3.05, 3.63) is 65.2 Å². The summed E-state index contributed by atoms with van der Waals surface area (Å²) in [7, 11) is 0. The predicted octanol–water partition coefficient (Wildman–Crippen LogP) is 3.81. The van der Waals surface area contributed by atoms with Gasteiger partial charge in [0.05, 0.1) is 6.10 Å². The van der Waals surface area contributed by atoms with Gasteiger partial charge < -0.3 is 9.84 Å². The summed E-state index contributed by atoms with van der Waals surface area (Å²) < 4.78 is 6.08. The first-order chi connectivity index (χ1) is 9.25. The minimum Gasteiger partial charge on any atom is -0.486 e. The fourth-order valence-electron chi connectivity index (χ4n) is 2.69.